The summed E-state index contributed by atoms with van der Waals surface area (Å²) in [5, 5.41) is 3.89. The van der Waals surface area contributed by atoms with Crippen molar-refractivity contribution in [3.05, 3.63) is 108 Å². The van der Waals surface area contributed by atoms with Crippen molar-refractivity contribution in [3.63, 3.8) is 0 Å². The third-order valence-electron chi connectivity index (χ3n) is 5.25. The van der Waals surface area contributed by atoms with E-state index in [1.54, 1.807) is 0 Å². The lowest BCUT2D eigenvalue weighted by Crippen LogP contribution is -2.47. The summed E-state index contributed by atoms with van der Waals surface area (Å²) in [4.78, 5) is 0. The van der Waals surface area contributed by atoms with Crippen LogP contribution in [0, 0.1) is 0 Å². The van der Waals surface area contributed by atoms with E-state index < -0.39 is 0 Å². The van der Waals surface area contributed by atoms with Crippen LogP contribution in [-0.4, -0.2) is 6.04 Å². The lowest BCUT2D eigenvalue weighted by Gasteiger charge is -2.42. The van der Waals surface area contributed by atoms with Crippen molar-refractivity contribution in [2.45, 2.75) is 30.5 Å². The molecule has 3 N–H and O–H groups in total. The van der Waals surface area contributed by atoms with Crippen molar-refractivity contribution >= 4 is 0 Å². The highest BCUT2D eigenvalue weighted by molar-refractivity contribution is 5.33. The lowest BCUT2D eigenvalue weighted by atomic mass is 9.75. The summed E-state index contributed by atoms with van der Waals surface area (Å²) >= 11 is 0. The minimum Gasteiger partial charge on any atom is -0.327 e. The van der Waals surface area contributed by atoms with Crippen molar-refractivity contribution in [3.8, 4) is 0 Å². The Kier molecular flexibility index (Phi) is 4.64. The Bertz CT molecular complexity index is 786. The van der Waals surface area contributed by atoms with E-state index in [1.807, 2.05) is 0 Å². The summed E-state index contributed by atoms with van der Waals surface area (Å²) in [7, 11) is 0. The maximum Gasteiger partial charge on any atom is 0.0409 e. The minimum atomic E-state index is 0.110. The molecule has 2 nitrogen and oxygen atoms in total. The van der Waals surface area contributed by atoms with Gasteiger partial charge in [0.05, 0.1) is 0 Å². The topological polar surface area (TPSA) is 38.0 Å². The van der Waals surface area contributed by atoms with Crippen LogP contribution in [-0.2, 0) is 0 Å². The van der Waals surface area contributed by atoms with Gasteiger partial charge in [0.2, 0.25) is 0 Å². The summed E-state index contributed by atoms with van der Waals surface area (Å²) in [6.45, 7) is 0. The first-order chi connectivity index (χ1) is 12.3. The first-order valence-electron chi connectivity index (χ1n) is 8.99. The first-order valence-corrected chi connectivity index (χ1v) is 8.99. The van der Waals surface area contributed by atoms with Crippen molar-refractivity contribution in [1.82, 2.24) is 5.32 Å². The highest BCUT2D eigenvalue weighted by atomic mass is 15.0. The van der Waals surface area contributed by atoms with E-state index in [2.05, 4.69) is 96.3 Å². The van der Waals surface area contributed by atoms with E-state index in [-0.39, 0.29) is 24.0 Å². The van der Waals surface area contributed by atoms with Gasteiger partial charge in [-0.2, -0.15) is 0 Å². The van der Waals surface area contributed by atoms with Gasteiger partial charge < -0.3 is 11.1 Å². The summed E-state index contributed by atoms with van der Waals surface area (Å²) in [6, 6.07) is 32.6. The van der Waals surface area contributed by atoms with Gasteiger partial charge in [-0.15, -0.1) is 0 Å². The van der Waals surface area contributed by atoms with Gasteiger partial charge in [-0.25, -0.2) is 0 Å². The van der Waals surface area contributed by atoms with Gasteiger partial charge >= 0.3 is 0 Å². The normalized spacial score (nSPS) is 26.3. The smallest absolute Gasteiger partial charge is 0.0409 e. The molecule has 0 bridgehead atoms. The quantitative estimate of drug-likeness (QED) is 0.739. The summed E-state index contributed by atoms with van der Waals surface area (Å²) in [5.41, 5.74) is 10.6. The van der Waals surface area contributed by atoms with Crippen LogP contribution in [0.15, 0.2) is 91.0 Å². The SMILES string of the molecule is NC1CC(c2ccccc2)NC(c2ccccc2)C1c1ccccc1. The van der Waals surface area contributed by atoms with Crippen LogP contribution < -0.4 is 11.1 Å². The third kappa shape index (κ3) is 3.37. The second-order valence-corrected chi connectivity index (χ2v) is 6.85. The van der Waals surface area contributed by atoms with Gasteiger partial charge in [-0.3, -0.25) is 0 Å². The molecule has 0 aromatic heterocycles. The van der Waals surface area contributed by atoms with Gasteiger partial charge in [-0.1, -0.05) is 91.0 Å². The van der Waals surface area contributed by atoms with Crippen LogP contribution in [0.1, 0.15) is 41.1 Å². The Morgan fingerprint density at radius 3 is 1.68 bits per heavy atom. The van der Waals surface area contributed by atoms with Gasteiger partial charge in [0, 0.05) is 24.0 Å². The molecular weight excluding hydrogens is 304 g/mol. The van der Waals surface area contributed by atoms with Crippen molar-refractivity contribution in [1.29, 1.82) is 0 Å². The Hall–Kier alpha value is -2.42. The Balaban J connectivity index is 1.72. The molecule has 1 fully saturated rings. The maximum absolute atomic E-state index is 6.73. The first kappa shape index (κ1) is 16.1. The second kappa shape index (κ2) is 7.22. The lowest BCUT2D eigenvalue weighted by molar-refractivity contribution is 0.257. The monoisotopic (exact) mass is 328 g/mol. The average Bonchev–Trinajstić information content (AvgIpc) is 2.69. The molecule has 4 rings (SSSR count). The molecular formula is C23H24N2. The molecule has 1 aliphatic rings. The highest BCUT2D eigenvalue weighted by Crippen LogP contribution is 2.41. The molecule has 25 heavy (non-hydrogen) atoms. The third-order valence-corrected chi connectivity index (χ3v) is 5.25. The zero-order chi connectivity index (χ0) is 17.1. The number of piperidine rings is 1. The molecule has 0 aliphatic carbocycles. The molecule has 0 radical (unpaired) electrons. The van der Waals surface area contributed by atoms with Crippen molar-refractivity contribution in [2.75, 3.05) is 0 Å². The minimum absolute atomic E-state index is 0.110. The number of hydrogen-bond donors (Lipinski definition) is 2. The van der Waals surface area contributed by atoms with Crippen molar-refractivity contribution < 1.29 is 0 Å². The molecule has 4 unspecified atom stereocenters. The Labute approximate surface area is 149 Å². The number of hydrogen-bond acceptors (Lipinski definition) is 2. The van der Waals surface area contributed by atoms with Crippen LogP contribution in [0.5, 0.6) is 0 Å². The average molecular weight is 328 g/mol. The number of nitrogens with two attached hydrogens (primary N) is 1. The van der Waals surface area contributed by atoms with Crippen LogP contribution in [0.2, 0.25) is 0 Å². The highest BCUT2D eigenvalue weighted by Gasteiger charge is 2.37. The van der Waals surface area contributed by atoms with Crippen LogP contribution in [0.25, 0.3) is 0 Å². The predicted molar refractivity (Wildman–Crippen MR) is 103 cm³/mol. The molecule has 1 heterocycles. The van der Waals surface area contributed by atoms with Crippen molar-refractivity contribution in [2.24, 2.45) is 5.73 Å². The number of nitrogens with one attached hydrogen (secondary N) is 1. The van der Waals surface area contributed by atoms with Gasteiger partial charge in [0.25, 0.3) is 0 Å². The number of benzene rings is 3. The fraction of sp³-hybridized carbons (Fsp3) is 0.217. The van der Waals surface area contributed by atoms with E-state index in [9.17, 15) is 0 Å². The van der Waals surface area contributed by atoms with Gasteiger partial charge in [0.15, 0.2) is 0 Å². The Morgan fingerprint density at radius 1 is 0.640 bits per heavy atom. The van der Waals surface area contributed by atoms with E-state index in [0.717, 1.165) is 6.42 Å². The molecule has 126 valence electrons. The van der Waals surface area contributed by atoms with Crippen LogP contribution in [0.4, 0.5) is 0 Å². The zero-order valence-corrected chi connectivity index (χ0v) is 14.3. The zero-order valence-electron chi connectivity index (χ0n) is 14.3. The van der Waals surface area contributed by atoms with Crippen LogP contribution in [0.3, 0.4) is 0 Å². The van der Waals surface area contributed by atoms with Gasteiger partial charge in [0.1, 0.15) is 0 Å². The molecule has 0 saturated carbocycles. The Morgan fingerprint density at radius 2 is 1.12 bits per heavy atom. The standard InChI is InChI=1S/C23H24N2/c24-20-16-21(17-10-4-1-5-11-17)25-23(19-14-8-3-9-15-19)22(20)18-12-6-2-7-13-18/h1-15,20-23,25H,16,24H2. The molecule has 1 saturated heterocycles. The molecule has 2 heteroatoms. The number of rotatable bonds is 3. The van der Waals surface area contributed by atoms with E-state index >= 15 is 0 Å². The summed E-state index contributed by atoms with van der Waals surface area (Å²) < 4.78 is 0. The fourth-order valence-corrected chi connectivity index (χ4v) is 4.05. The largest absolute Gasteiger partial charge is 0.327 e. The summed E-state index contributed by atoms with van der Waals surface area (Å²) in [6.07, 6.45) is 0.937. The predicted octanol–water partition coefficient (Wildman–Crippen LogP) is 4.57. The van der Waals surface area contributed by atoms with Gasteiger partial charge in [-0.05, 0) is 23.1 Å². The van der Waals surface area contributed by atoms with Crippen LogP contribution >= 0.6 is 0 Å². The molecule has 0 spiro atoms. The van der Waals surface area contributed by atoms with E-state index in [4.69, 9.17) is 5.73 Å². The molecule has 3 aromatic carbocycles. The second-order valence-electron chi connectivity index (χ2n) is 6.85. The maximum atomic E-state index is 6.73. The summed E-state index contributed by atoms with van der Waals surface area (Å²) in [5.74, 6) is 0.267. The van der Waals surface area contributed by atoms with E-state index in [0.29, 0.717) is 0 Å². The molecule has 0 amide bonds. The fourth-order valence-electron chi connectivity index (χ4n) is 4.05. The molecule has 4 atom stereocenters. The van der Waals surface area contributed by atoms with E-state index in [1.165, 1.54) is 16.7 Å². The molecule has 1 aliphatic heterocycles. The molecule has 3 aromatic rings.